The number of hydrogen-bond acceptors (Lipinski definition) is 3. The molecule has 2 aromatic carbocycles. The first-order chi connectivity index (χ1) is 12.0. The zero-order valence-corrected chi connectivity index (χ0v) is 14.9. The van der Waals surface area contributed by atoms with Gasteiger partial charge in [0.2, 0.25) is 0 Å². The number of nitrogens with one attached hydrogen (secondary N) is 1. The highest BCUT2D eigenvalue weighted by Crippen LogP contribution is 2.23. The molecule has 1 amide bonds. The van der Waals surface area contributed by atoms with Crippen LogP contribution in [-0.2, 0) is 14.3 Å². The number of halogens is 1. The van der Waals surface area contributed by atoms with Gasteiger partial charge in [-0.05, 0) is 35.3 Å². The number of anilines is 1. The Hall–Kier alpha value is -2.59. The molecule has 5 heteroatoms. The van der Waals surface area contributed by atoms with E-state index < -0.39 is 5.97 Å². The molecular formula is C20H20ClNO3. The highest BCUT2D eigenvalue weighted by atomic mass is 35.5. The van der Waals surface area contributed by atoms with Crippen molar-refractivity contribution in [2.45, 2.75) is 19.8 Å². The Morgan fingerprint density at radius 1 is 1.12 bits per heavy atom. The monoisotopic (exact) mass is 357 g/mol. The van der Waals surface area contributed by atoms with Crippen molar-refractivity contribution in [2.24, 2.45) is 0 Å². The third kappa shape index (κ3) is 5.76. The minimum Gasteiger partial charge on any atom is -0.452 e. The van der Waals surface area contributed by atoms with Gasteiger partial charge in [-0.15, -0.1) is 0 Å². The van der Waals surface area contributed by atoms with Crippen LogP contribution in [-0.4, -0.2) is 18.5 Å². The number of esters is 1. The van der Waals surface area contributed by atoms with E-state index in [1.807, 2.05) is 44.2 Å². The number of benzene rings is 2. The molecule has 4 nitrogen and oxygen atoms in total. The van der Waals surface area contributed by atoms with Crippen molar-refractivity contribution in [1.29, 1.82) is 0 Å². The molecule has 0 heterocycles. The lowest BCUT2D eigenvalue weighted by Gasteiger charge is -2.13. The molecule has 0 spiro atoms. The summed E-state index contributed by atoms with van der Waals surface area (Å²) in [5.74, 6) is -0.711. The summed E-state index contributed by atoms with van der Waals surface area (Å²) in [5.41, 5.74) is 2.46. The fourth-order valence-electron chi connectivity index (χ4n) is 2.25. The fourth-order valence-corrected chi connectivity index (χ4v) is 2.45. The molecule has 0 aromatic heterocycles. The van der Waals surface area contributed by atoms with Crippen molar-refractivity contribution < 1.29 is 14.3 Å². The van der Waals surface area contributed by atoms with Crippen LogP contribution in [0.2, 0.25) is 5.02 Å². The van der Waals surface area contributed by atoms with E-state index in [0.717, 1.165) is 11.3 Å². The summed E-state index contributed by atoms with van der Waals surface area (Å²) in [6, 6.07) is 14.7. The van der Waals surface area contributed by atoms with Crippen LogP contribution in [0, 0.1) is 0 Å². The van der Waals surface area contributed by atoms with Crippen molar-refractivity contribution >= 4 is 35.2 Å². The van der Waals surface area contributed by atoms with Gasteiger partial charge in [0, 0.05) is 16.8 Å². The molecule has 0 fully saturated rings. The Morgan fingerprint density at radius 2 is 1.80 bits per heavy atom. The molecule has 2 aromatic rings. The summed E-state index contributed by atoms with van der Waals surface area (Å²) in [4.78, 5) is 23.7. The Bertz CT molecular complexity index is 784. The summed E-state index contributed by atoms with van der Waals surface area (Å²) in [5, 5.41) is 3.31. The van der Waals surface area contributed by atoms with Gasteiger partial charge in [-0.25, -0.2) is 4.79 Å². The average molecular weight is 358 g/mol. The molecule has 0 unspecified atom stereocenters. The largest absolute Gasteiger partial charge is 0.452 e. The second-order valence-electron chi connectivity index (χ2n) is 5.75. The number of rotatable bonds is 6. The Labute approximate surface area is 152 Å². The molecule has 0 aliphatic carbocycles. The fraction of sp³-hybridized carbons (Fsp3) is 0.200. The van der Waals surface area contributed by atoms with Gasteiger partial charge in [-0.1, -0.05) is 61.8 Å². The Kier molecular flexibility index (Phi) is 6.78. The van der Waals surface area contributed by atoms with Gasteiger partial charge >= 0.3 is 5.97 Å². The summed E-state index contributed by atoms with van der Waals surface area (Å²) in [6.07, 6.45) is 2.80. The third-order valence-corrected chi connectivity index (χ3v) is 3.85. The molecule has 25 heavy (non-hydrogen) atoms. The van der Waals surface area contributed by atoms with Crippen LogP contribution in [0.15, 0.2) is 54.6 Å². The maximum absolute atomic E-state index is 12.0. The number of carbonyl (C=O) groups excluding carboxylic acids is 2. The number of para-hydroxylation sites is 1. The van der Waals surface area contributed by atoms with Crippen LogP contribution in [0.5, 0.6) is 0 Å². The number of amides is 1. The summed E-state index contributed by atoms with van der Waals surface area (Å²) < 4.78 is 4.96. The van der Waals surface area contributed by atoms with E-state index in [1.54, 1.807) is 24.3 Å². The predicted octanol–water partition coefficient (Wildman–Crippen LogP) is 4.66. The first-order valence-corrected chi connectivity index (χ1v) is 8.33. The van der Waals surface area contributed by atoms with Crippen LogP contribution < -0.4 is 5.32 Å². The van der Waals surface area contributed by atoms with Gasteiger partial charge in [0.1, 0.15) is 0 Å². The molecule has 0 radical (unpaired) electrons. The van der Waals surface area contributed by atoms with E-state index in [2.05, 4.69) is 5.32 Å². The normalized spacial score (nSPS) is 10.9. The molecule has 0 saturated carbocycles. The molecule has 0 atom stereocenters. The number of carbonyl (C=O) groups is 2. The second-order valence-corrected chi connectivity index (χ2v) is 6.16. The molecule has 0 aliphatic heterocycles. The van der Waals surface area contributed by atoms with E-state index in [9.17, 15) is 9.59 Å². The van der Waals surface area contributed by atoms with E-state index >= 15 is 0 Å². The Balaban J connectivity index is 1.88. The van der Waals surface area contributed by atoms with Crippen LogP contribution in [0.25, 0.3) is 6.08 Å². The van der Waals surface area contributed by atoms with E-state index in [0.29, 0.717) is 10.6 Å². The number of hydrogen-bond donors (Lipinski definition) is 1. The van der Waals surface area contributed by atoms with Gasteiger partial charge in [-0.2, -0.15) is 0 Å². The summed E-state index contributed by atoms with van der Waals surface area (Å²) in [7, 11) is 0. The van der Waals surface area contributed by atoms with E-state index in [4.69, 9.17) is 16.3 Å². The minimum absolute atomic E-state index is 0.276. The lowest BCUT2D eigenvalue weighted by molar-refractivity contribution is -0.142. The first kappa shape index (κ1) is 18.7. The van der Waals surface area contributed by atoms with E-state index in [1.165, 1.54) is 6.08 Å². The Morgan fingerprint density at radius 3 is 2.52 bits per heavy atom. The topological polar surface area (TPSA) is 55.4 Å². The van der Waals surface area contributed by atoms with Gasteiger partial charge < -0.3 is 10.1 Å². The standard InChI is InChI=1S/C20H20ClNO3/c1-14(2)16-8-4-6-10-18(16)22-19(23)13-25-20(24)12-11-15-7-3-5-9-17(15)21/h3-12,14H,13H2,1-2H3,(H,22,23)/b12-11+. The van der Waals surface area contributed by atoms with E-state index in [-0.39, 0.29) is 18.4 Å². The van der Waals surface area contributed by atoms with Crippen molar-refractivity contribution in [2.75, 3.05) is 11.9 Å². The third-order valence-electron chi connectivity index (χ3n) is 3.51. The molecule has 130 valence electrons. The highest BCUT2D eigenvalue weighted by molar-refractivity contribution is 6.32. The predicted molar refractivity (Wildman–Crippen MR) is 101 cm³/mol. The zero-order chi connectivity index (χ0) is 18.2. The molecule has 0 aliphatic rings. The van der Waals surface area contributed by atoms with Crippen molar-refractivity contribution in [3.63, 3.8) is 0 Å². The average Bonchev–Trinajstić information content (AvgIpc) is 2.59. The summed E-state index contributed by atoms with van der Waals surface area (Å²) >= 11 is 6.00. The van der Waals surface area contributed by atoms with Gasteiger partial charge in [0.15, 0.2) is 6.61 Å². The first-order valence-electron chi connectivity index (χ1n) is 7.95. The van der Waals surface area contributed by atoms with Crippen molar-refractivity contribution in [3.05, 3.63) is 70.8 Å². The molecule has 2 rings (SSSR count). The number of ether oxygens (including phenoxy) is 1. The quantitative estimate of drug-likeness (QED) is 0.604. The van der Waals surface area contributed by atoms with Crippen molar-refractivity contribution in [3.8, 4) is 0 Å². The SMILES string of the molecule is CC(C)c1ccccc1NC(=O)COC(=O)/C=C/c1ccccc1Cl. The summed E-state index contributed by atoms with van der Waals surface area (Å²) in [6.45, 7) is 3.74. The lowest BCUT2D eigenvalue weighted by atomic mass is 10.0. The van der Waals surface area contributed by atoms with Crippen LogP contribution in [0.4, 0.5) is 5.69 Å². The maximum Gasteiger partial charge on any atom is 0.331 e. The molecule has 1 N–H and O–H groups in total. The maximum atomic E-state index is 12.0. The minimum atomic E-state index is -0.604. The van der Waals surface area contributed by atoms with Gasteiger partial charge in [0.05, 0.1) is 0 Å². The molecular weight excluding hydrogens is 338 g/mol. The van der Waals surface area contributed by atoms with Crippen LogP contribution in [0.3, 0.4) is 0 Å². The molecule has 0 saturated heterocycles. The van der Waals surface area contributed by atoms with Crippen molar-refractivity contribution in [1.82, 2.24) is 0 Å². The van der Waals surface area contributed by atoms with Gasteiger partial charge in [0.25, 0.3) is 5.91 Å². The highest BCUT2D eigenvalue weighted by Gasteiger charge is 2.10. The van der Waals surface area contributed by atoms with Crippen LogP contribution in [0.1, 0.15) is 30.9 Å². The van der Waals surface area contributed by atoms with Gasteiger partial charge in [-0.3, -0.25) is 4.79 Å². The zero-order valence-electron chi connectivity index (χ0n) is 14.2. The second kappa shape index (κ2) is 9.04. The lowest BCUT2D eigenvalue weighted by Crippen LogP contribution is -2.21. The smallest absolute Gasteiger partial charge is 0.331 e. The molecule has 0 bridgehead atoms. The van der Waals surface area contributed by atoms with Crippen LogP contribution >= 0.6 is 11.6 Å².